The van der Waals surface area contributed by atoms with Crippen LogP contribution in [-0.4, -0.2) is 23.1 Å². The number of halogens is 2. The maximum Gasteiger partial charge on any atom is 0.335 e. The van der Waals surface area contributed by atoms with Crippen molar-refractivity contribution < 1.29 is 28.2 Å². The number of carboxylic acids is 1. The summed E-state index contributed by atoms with van der Waals surface area (Å²) in [5, 5.41) is 11.8. The van der Waals surface area contributed by atoms with Gasteiger partial charge < -0.3 is 15.2 Å². The number of amides is 1. The monoisotopic (exact) mass is 375 g/mol. The minimum atomic E-state index is -1.14. The summed E-state index contributed by atoms with van der Waals surface area (Å²) in [7, 11) is 0. The third-order valence-corrected chi connectivity index (χ3v) is 4.34. The summed E-state index contributed by atoms with van der Waals surface area (Å²) in [6.07, 6.45) is 0.139. The Hall–Kier alpha value is -2.96. The van der Waals surface area contributed by atoms with E-state index in [2.05, 4.69) is 5.32 Å². The van der Waals surface area contributed by atoms with Gasteiger partial charge in [0.15, 0.2) is 0 Å². The molecule has 0 heterocycles. The Balaban J connectivity index is 1.80. The lowest BCUT2D eigenvalue weighted by molar-refractivity contribution is -0.117. The predicted octanol–water partition coefficient (Wildman–Crippen LogP) is 4.19. The van der Waals surface area contributed by atoms with Crippen molar-refractivity contribution in [2.75, 3.05) is 5.32 Å². The van der Waals surface area contributed by atoms with Crippen LogP contribution in [-0.2, 0) is 4.79 Å². The molecule has 142 valence electrons. The number of carbonyl (C=O) groups is 2. The van der Waals surface area contributed by atoms with Crippen LogP contribution in [0.4, 0.5) is 14.5 Å². The highest BCUT2D eigenvalue weighted by molar-refractivity contribution is 5.98. The van der Waals surface area contributed by atoms with E-state index < -0.39 is 35.3 Å². The summed E-state index contributed by atoms with van der Waals surface area (Å²) in [5.74, 6) is -3.71. The van der Waals surface area contributed by atoms with Crippen molar-refractivity contribution in [3.63, 3.8) is 0 Å². The number of anilines is 1. The summed E-state index contributed by atoms with van der Waals surface area (Å²) in [6, 6.07) is 7.76. The topological polar surface area (TPSA) is 75.6 Å². The Labute approximate surface area is 155 Å². The van der Waals surface area contributed by atoms with E-state index >= 15 is 0 Å². The van der Waals surface area contributed by atoms with Gasteiger partial charge in [0.2, 0.25) is 5.91 Å². The SMILES string of the molecule is CC(C)Oc1ccc(C(=O)O)cc1NC(=O)C1CC1c1c(F)cccc1F. The quantitative estimate of drug-likeness (QED) is 0.794. The standard InChI is InChI=1S/C20H19F2NO4/c1-10(2)27-17-7-6-11(20(25)26)8-16(17)23-19(24)13-9-12(13)18-14(21)4-3-5-15(18)22/h3-8,10,12-13H,9H2,1-2H3,(H,23,24)(H,25,26). The van der Waals surface area contributed by atoms with Gasteiger partial charge in [0, 0.05) is 17.4 Å². The van der Waals surface area contributed by atoms with E-state index in [9.17, 15) is 18.4 Å². The van der Waals surface area contributed by atoms with Gasteiger partial charge >= 0.3 is 5.97 Å². The van der Waals surface area contributed by atoms with Crippen molar-refractivity contribution in [2.24, 2.45) is 5.92 Å². The number of hydrogen-bond donors (Lipinski definition) is 2. The zero-order valence-electron chi connectivity index (χ0n) is 14.8. The zero-order chi connectivity index (χ0) is 19.7. The van der Waals surface area contributed by atoms with Crippen LogP contribution < -0.4 is 10.1 Å². The second-order valence-electron chi connectivity index (χ2n) is 6.76. The molecule has 1 aliphatic carbocycles. The molecule has 2 N–H and O–H groups in total. The minimum absolute atomic E-state index is 0.00565. The van der Waals surface area contributed by atoms with E-state index in [0.29, 0.717) is 12.2 Å². The number of rotatable bonds is 6. The van der Waals surface area contributed by atoms with Gasteiger partial charge in [-0.25, -0.2) is 13.6 Å². The second-order valence-corrected chi connectivity index (χ2v) is 6.76. The Morgan fingerprint density at radius 1 is 1.19 bits per heavy atom. The molecular weight excluding hydrogens is 356 g/mol. The van der Waals surface area contributed by atoms with Gasteiger partial charge in [-0.1, -0.05) is 6.07 Å². The summed E-state index contributed by atoms with van der Waals surface area (Å²) in [4.78, 5) is 23.7. The first-order chi connectivity index (χ1) is 12.8. The molecule has 1 fully saturated rings. The summed E-state index contributed by atoms with van der Waals surface area (Å²) < 4.78 is 33.4. The molecule has 0 saturated heterocycles. The average molecular weight is 375 g/mol. The number of carbonyl (C=O) groups excluding carboxylic acids is 1. The lowest BCUT2D eigenvalue weighted by Crippen LogP contribution is -2.17. The highest BCUT2D eigenvalue weighted by atomic mass is 19.1. The Bertz CT molecular complexity index is 877. The smallest absolute Gasteiger partial charge is 0.335 e. The molecule has 1 aliphatic rings. The van der Waals surface area contributed by atoms with Crippen LogP contribution in [0, 0.1) is 17.6 Å². The van der Waals surface area contributed by atoms with Crippen LogP contribution in [0.5, 0.6) is 5.75 Å². The van der Waals surface area contributed by atoms with Crippen LogP contribution in [0.15, 0.2) is 36.4 Å². The molecule has 0 radical (unpaired) electrons. The fourth-order valence-corrected chi connectivity index (χ4v) is 3.01. The first-order valence-corrected chi connectivity index (χ1v) is 8.56. The lowest BCUT2D eigenvalue weighted by atomic mass is 10.1. The van der Waals surface area contributed by atoms with E-state index in [0.717, 1.165) is 12.1 Å². The first-order valence-electron chi connectivity index (χ1n) is 8.56. The van der Waals surface area contributed by atoms with E-state index in [1.165, 1.54) is 24.3 Å². The lowest BCUT2D eigenvalue weighted by Gasteiger charge is -2.15. The number of hydrogen-bond acceptors (Lipinski definition) is 3. The Morgan fingerprint density at radius 3 is 2.44 bits per heavy atom. The summed E-state index contributed by atoms with van der Waals surface area (Å²) >= 11 is 0. The number of ether oxygens (including phenoxy) is 1. The van der Waals surface area contributed by atoms with Crippen LogP contribution >= 0.6 is 0 Å². The predicted molar refractivity (Wildman–Crippen MR) is 95.0 cm³/mol. The maximum atomic E-state index is 13.9. The highest BCUT2D eigenvalue weighted by Gasteiger charge is 2.46. The fourth-order valence-electron chi connectivity index (χ4n) is 3.01. The molecule has 27 heavy (non-hydrogen) atoms. The van der Waals surface area contributed by atoms with E-state index in [1.807, 2.05) is 0 Å². The average Bonchev–Trinajstić information content (AvgIpc) is 3.36. The van der Waals surface area contributed by atoms with Crippen molar-refractivity contribution >= 4 is 17.6 Å². The fraction of sp³-hybridized carbons (Fsp3) is 0.300. The highest BCUT2D eigenvalue weighted by Crippen LogP contribution is 2.49. The van der Waals surface area contributed by atoms with Crippen molar-refractivity contribution in [1.82, 2.24) is 0 Å². The largest absolute Gasteiger partial charge is 0.489 e. The second kappa shape index (κ2) is 7.34. The molecule has 3 rings (SSSR count). The first kappa shape index (κ1) is 18.8. The molecule has 0 aromatic heterocycles. The molecule has 5 nitrogen and oxygen atoms in total. The van der Waals surface area contributed by atoms with E-state index in [4.69, 9.17) is 9.84 Å². The van der Waals surface area contributed by atoms with E-state index in [1.54, 1.807) is 13.8 Å². The number of carboxylic acid groups (broad SMARTS) is 1. The van der Waals surface area contributed by atoms with Crippen LogP contribution in [0.25, 0.3) is 0 Å². The molecule has 7 heteroatoms. The van der Waals surface area contributed by atoms with Crippen molar-refractivity contribution in [3.8, 4) is 5.75 Å². The van der Waals surface area contributed by atoms with Crippen molar-refractivity contribution in [1.29, 1.82) is 0 Å². The van der Waals surface area contributed by atoms with E-state index in [-0.39, 0.29) is 22.9 Å². The van der Waals surface area contributed by atoms with Gasteiger partial charge in [0.05, 0.1) is 17.4 Å². The molecule has 2 aromatic rings. The summed E-state index contributed by atoms with van der Waals surface area (Å²) in [6.45, 7) is 3.60. The van der Waals surface area contributed by atoms with Crippen LogP contribution in [0.3, 0.4) is 0 Å². The molecule has 0 spiro atoms. The minimum Gasteiger partial charge on any atom is -0.489 e. The molecule has 0 aliphatic heterocycles. The molecule has 2 aromatic carbocycles. The van der Waals surface area contributed by atoms with Gasteiger partial charge in [-0.15, -0.1) is 0 Å². The molecule has 2 atom stereocenters. The van der Waals surface area contributed by atoms with Gasteiger partial charge in [-0.05, 0) is 50.6 Å². The Morgan fingerprint density at radius 2 is 1.85 bits per heavy atom. The molecule has 1 amide bonds. The molecular formula is C20H19F2NO4. The van der Waals surface area contributed by atoms with Gasteiger partial charge in [0.1, 0.15) is 17.4 Å². The molecule has 0 bridgehead atoms. The van der Waals surface area contributed by atoms with Gasteiger partial charge in [0.25, 0.3) is 0 Å². The third-order valence-electron chi connectivity index (χ3n) is 4.34. The number of nitrogens with one attached hydrogen (secondary N) is 1. The van der Waals surface area contributed by atoms with Crippen LogP contribution in [0.1, 0.15) is 42.1 Å². The Kier molecular flexibility index (Phi) is 5.12. The van der Waals surface area contributed by atoms with Crippen molar-refractivity contribution in [3.05, 3.63) is 59.2 Å². The zero-order valence-corrected chi connectivity index (χ0v) is 14.8. The molecule has 2 unspecified atom stereocenters. The van der Waals surface area contributed by atoms with Crippen LogP contribution in [0.2, 0.25) is 0 Å². The van der Waals surface area contributed by atoms with Gasteiger partial charge in [-0.2, -0.15) is 0 Å². The number of aromatic carboxylic acids is 1. The summed E-state index contributed by atoms with van der Waals surface area (Å²) in [5.41, 5.74) is 0.123. The van der Waals surface area contributed by atoms with Crippen molar-refractivity contribution in [2.45, 2.75) is 32.3 Å². The third kappa shape index (κ3) is 4.07. The van der Waals surface area contributed by atoms with Gasteiger partial charge in [-0.3, -0.25) is 4.79 Å². The maximum absolute atomic E-state index is 13.9. The number of benzene rings is 2. The molecule has 1 saturated carbocycles. The normalized spacial score (nSPS) is 18.3.